The van der Waals surface area contributed by atoms with Crippen molar-refractivity contribution >= 4 is 0 Å². The van der Waals surface area contributed by atoms with Crippen molar-refractivity contribution in [3.63, 3.8) is 0 Å². The third kappa shape index (κ3) is 14.5. The van der Waals surface area contributed by atoms with Gasteiger partial charge in [-0.3, -0.25) is 0 Å². The van der Waals surface area contributed by atoms with Gasteiger partial charge in [0.15, 0.2) is 0 Å². The lowest BCUT2D eigenvalue weighted by Crippen LogP contribution is -2.50. The maximum Gasteiger partial charge on any atom is 0.0971 e. The molecule has 0 bridgehead atoms. The molecule has 0 aliphatic rings. The molecule has 0 aromatic carbocycles. The smallest absolute Gasteiger partial charge is 0.0971 e. The summed E-state index contributed by atoms with van der Waals surface area (Å²) < 4.78 is 1.31. The van der Waals surface area contributed by atoms with E-state index >= 15 is 0 Å². The second-order valence-corrected chi connectivity index (χ2v) is 8.23. The third-order valence-corrected chi connectivity index (χ3v) is 5.72. The highest BCUT2D eigenvalue weighted by Crippen LogP contribution is 2.17. The van der Waals surface area contributed by atoms with Crippen molar-refractivity contribution < 1.29 is 4.48 Å². The molecule has 0 N–H and O–H groups in total. The fraction of sp³-hybridized carbons (Fsp3) is 0.917. The van der Waals surface area contributed by atoms with Gasteiger partial charge in [-0.05, 0) is 31.8 Å². The molecular weight excluding hydrogens is 302 g/mol. The number of rotatable bonds is 20. The fourth-order valence-corrected chi connectivity index (χ4v) is 3.98. The van der Waals surface area contributed by atoms with E-state index in [0.29, 0.717) is 0 Å². The predicted octanol–water partition coefficient (Wildman–Crippen LogP) is 7.90. The quantitative estimate of drug-likeness (QED) is 0.119. The van der Waals surface area contributed by atoms with Gasteiger partial charge in [-0.15, -0.1) is 0 Å². The lowest BCUT2D eigenvalue weighted by atomic mass is 10.1. The van der Waals surface area contributed by atoms with Gasteiger partial charge in [-0.1, -0.05) is 98.0 Å². The summed E-state index contributed by atoms with van der Waals surface area (Å²) in [6.07, 6.45) is 23.4. The molecule has 0 atom stereocenters. The van der Waals surface area contributed by atoms with Gasteiger partial charge in [0.2, 0.25) is 0 Å². The lowest BCUT2D eigenvalue weighted by Gasteiger charge is -2.38. The number of hydrogen-bond donors (Lipinski definition) is 0. The second-order valence-electron chi connectivity index (χ2n) is 8.23. The zero-order chi connectivity index (χ0) is 18.6. The number of hydrogen-bond acceptors (Lipinski definition) is 0. The first-order valence-electron chi connectivity index (χ1n) is 11.7. The molecule has 0 aromatic rings. The monoisotopic (exact) mass is 352 g/mol. The summed E-state index contributed by atoms with van der Waals surface area (Å²) in [5, 5.41) is 0. The van der Waals surface area contributed by atoms with Crippen LogP contribution < -0.4 is 0 Å². The molecule has 0 saturated heterocycles. The average molecular weight is 353 g/mol. The van der Waals surface area contributed by atoms with Crippen LogP contribution in [-0.2, 0) is 0 Å². The Morgan fingerprint density at radius 3 is 1.28 bits per heavy atom. The number of quaternary nitrogens is 1. The van der Waals surface area contributed by atoms with E-state index in [0.717, 1.165) is 0 Å². The number of nitrogens with zero attached hydrogens (tertiary/aromatic N) is 1. The van der Waals surface area contributed by atoms with Crippen molar-refractivity contribution in [1.82, 2.24) is 0 Å². The van der Waals surface area contributed by atoms with Crippen molar-refractivity contribution in [3.8, 4) is 0 Å². The van der Waals surface area contributed by atoms with Gasteiger partial charge in [0, 0.05) is 0 Å². The first-order valence-corrected chi connectivity index (χ1v) is 11.7. The van der Waals surface area contributed by atoms with Gasteiger partial charge in [-0.2, -0.15) is 0 Å². The van der Waals surface area contributed by atoms with E-state index in [-0.39, 0.29) is 0 Å². The number of unbranched alkanes of at least 4 members (excludes halogenated alkanes) is 12. The molecule has 25 heavy (non-hydrogen) atoms. The van der Waals surface area contributed by atoms with Gasteiger partial charge < -0.3 is 4.48 Å². The molecule has 0 aliphatic heterocycles. The highest BCUT2D eigenvalue weighted by atomic mass is 15.3. The standard InChI is InChI=1S/C24H50N/c1-5-9-12-13-14-15-16-17-18-19-20-24-25(21-8-4,22-10-6-2)23-11-7-3/h8H,4-7,9-24H2,1-3H3/q+1. The topological polar surface area (TPSA) is 0 Å². The zero-order valence-corrected chi connectivity index (χ0v) is 18.2. The van der Waals surface area contributed by atoms with Gasteiger partial charge in [0.25, 0.3) is 0 Å². The summed E-state index contributed by atoms with van der Waals surface area (Å²) in [6, 6.07) is 0. The molecular formula is C24H50N+. The molecule has 0 fully saturated rings. The van der Waals surface area contributed by atoms with Gasteiger partial charge >= 0.3 is 0 Å². The highest BCUT2D eigenvalue weighted by molar-refractivity contribution is 4.67. The molecule has 0 rings (SSSR count). The summed E-state index contributed by atoms with van der Waals surface area (Å²) in [6.45, 7) is 16.3. The normalized spacial score (nSPS) is 11.8. The third-order valence-electron chi connectivity index (χ3n) is 5.72. The van der Waals surface area contributed by atoms with Crippen molar-refractivity contribution in [1.29, 1.82) is 0 Å². The lowest BCUT2D eigenvalue weighted by molar-refractivity contribution is -0.923. The fourth-order valence-electron chi connectivity index (χ4n) is 3.98. The van der Waals surface area contributed by atoms with Crippen LogP contribution in [0.4, 0.5) is 0 Å². The first kappa shape index (κ1) is 24.7. The van der Waals surface area contributed by atoms with Gasteiger partial charge in [-0.25, -0.2) is 0 Å². The summed E-state index contributed by atoms with van der Waals surface area (Å²) in [5.41, 5.74) is 0. The van der Waals surface area contributed by atoms with Gasteiger partial charge in [0.05, 0.1) is 26.2 Å². The summed E-state index contributed by atoms with van der Waals surface area (Å²) >= 11 is 0. The van der Waals surface area contributed by atoms with Crippen molar-refractivity contribution in [2.75, 3.05) is 26.2 Å². The summed E-state index contributed by atoms with van der Waals surface area (Å²) in [4.78, 5) is 0. The van der Waals surface area contributed by atoms with E-state index in [4.69, 9.17) is 0 Å². The van der Waals surface area contributed by atoms with Crippen LogP contribution in [0.1, 0.15) is 117 Å². The Kier molecular flexibility index (Phi) is 18.3. The maximum atomic E-state index is 4.05. The molecule has 1 nitrogen and oxygen atoms in total. The Labute approximate surface area is 160 Å². The van der Waals surface area contributed by atoms with Crippen LogP contribution in [0.5, 0.6) is 0 Å². The van der Waals surface area contributed by atoms with Crippen molar-refractivity contribution in [3.05, 3.63) is 12.7 Å². The van der Waals surface area contributed by atoms with Crippen LogP contribution >= 0.6 is 0 Å². The highest BCUT2D eigenvalue weighted by Gasteiger charge is 2.24. The molecule has 1 heteroatoms. The van der Waals surface area contributed by atoms with Crippen molar-refractivity contribution in [2.45, 2.75) is 117 Å². The van der Waals surface area contributed by atoms with Crippen LogP contribution in [-0.4, -0.2) is 30.7 Å². The molecule has 0 heterocycles. The van der Waals surface area contributed by atoms with Crippen LogP contribution in [0.3, 0.4) is 0 Å². The molecule has 0 aromatic heterocycles. The molecule has 0 radical (unpaired) electrons. The van der Waals surface area contributed by atoms with E-state index in [9.17, 15) is 0 Å². The maximum absolute atomic E-state index is 4.05. The second kappa shape index (κ2) is 18.5. The minimum absolute atomic E-state index is 1.18. The van der Waals surface area contributed by atoms with E-state index in [2.05, 4.69) is 33.4 Å². The Bertz CT molecular complexity index is 263. The molecule has 0 unspecified atom stereocenters. The van der Waals surface area contributed by atoms with E-state index in [1.54, 1.807) is 0 Å². The molecule has 0 spiro atoms. The average Bonchev–Trinajstić information content (AvgIpc) is 2.63. The van der Waals surface area contributed by atoms with Crippen LogP contribution in [0.25, 0.3) is 0 Å². The molecule has 0 saturated carbocycles. The largest absolute Gasteiger partial charge is 0.320 e. The van der Waals surface area contributed by atoms with Gasteiger partial charge in [0.1, 0.15) is 0 Å². The van der Waals surface area contributed by atoms with E-state index in [1.807, 2.05) is 0 Å². The van der Waals surface area contributed by atoms with Crippen LogP contribution in [0, 0.1) is 0 Å². The van der Waals surface area contributed by atoms with Crippen molar-refractivity contribution in [2.24, 2.45) is 0 Å². The molecule has 150 valence electrons. The minimum atomic E-state index is 1.18. The van der Waals surface area contributed by atoms with E-state index < -0.39 is 0 Å². The molecule has 0 aliphatic carbocycles. The Morgan fingerprint density at radius 1 is 0.520 bits per heavy atom. The predicted molar refractivity (Wildman–Crippen MR) is 116 cm³/mol. The molecule has 0 amide bonds. The Hall–Kier alpha value is -0.300. The SMILES string of the molecule is C=CC[N+](CCCC)(CCCC)CCCCCCCCCCCCC. The minimum Gasteiger partial charge on any atom is -0.320 e. The van der Waals surface area contributed by atoms with E-state index in [1.165, 1.54) is 127 Å². The summed E-state index contributed by atoms with van der Waals surface area (Å²) in [5.74, 6) is 0. The van der Waals surface area contributed by atoms with Crippen LogP contribution in [0.15, 0.2) is 12.7 Å². The first-order chi connectivity index (χ1) is 12.2. The zero-order valence-electron chi connectivity index (χ0n) is 18.2. The van der Waals surface area contributed by atoms with Crippen LogP contribution in [0.2, 0.25) is 0 Å². The summed E-state index contributed by atoms with van der Waals surface area (Å²) in [7, 11) is 0. The Morgan fingerprint density at radius 2 is 0.880 bits per heavy atom. The Balaban J connectivity index is 3.86.